The highest BCUT2D eigenvalue weighted by atomic mass is 15.2. The van der Waals surface area contributed by atoms with Crippen molar-refractivity contribution in [2.45, 2.75) is 38.1 Å². The Morgan fingerprint density at radius 3 is 2.50 bits per heavy atom. The highest BCUT2D eigenvalue weighted by Gasteiger charge is 2.39. The summed E-state index contributed by atoms with van der Waals surface area (Å²) in [5.41, 5.74) is 6.32. The van der Waals surface area contributed by atoms with Gasteiger partial charge in [0, 0.05) is 12.1 Å². The lowest BCUT2D eigenvalue weighted by atomic mass is 9.99. The highest BCUT2D eigenvalue weighted by molar-refractivity contribution is 4.99. The van der Waals surface area contributed by atoms with Crippen molar-refractivity contribution >= 4 is 0 Å². The van der Waals surface area contributed by atoms with Gasteiger partial charge in [0.1, 0.15) is 0 Å². The van der Waals surface area contributed by atoms with Gasteiger partial charge in [-0.25, -0.2) is 0 Å². The molecule has 1 atom stereocenters. The minimum absolute atomic E-state index is 0.254. The van der Waals surface area contributed by atoms with E-state index in [2.05, 4.69) is 11.8 Å². The van der Waals surface area contributed by atoms with Crippen LogP contribution in [0.3, 0.4) is 0 Å². The lowest BCUT2D eigenvalue weighted by Crippen LogP contribution is -2.41. The Morgan fingerprint density at radius 1 is 1.42 bits per heavy atom. The summed E-state index contributed by atoms with van der Waals surface area (Å²) in [5.74, 6) is 0.804. The van der Waals surface area contributed by atoms with Crippen LogP contribution >= 0.6 is 0 Å². The van der Waals surface area contributed by atoms with E-state index in [1.165, 1.54) is 45.3 Å². The van der Waals surface area contributed by atoms with Crippen molar-refractivity contribution < 1.29 is 0 Å². The van der Waals surface area contributed by atoms with E-state index < -0.39 is 0 Å². The molecule has 0 aromatic rings. The fourth-order valence-corrected chi connectivity index (χ4v) is 2.13. The maximum atomic E-state index is 6.06. The van der Waals surface area contributed by atoms with Crippen LogP contribution in [0, 0.1) is 5.92 Å². The highest BCUT2D eigenvalue weighted by Crippen LogP contribution is 2.38. The summed E-state index contributed by atoms with van der Waals surface area (Å²) in [6.07, 6.45) is 5.17. The molecule has 2 N–H and O–H groups in total. The standard InChI is InChI=1S/C10H20N2/c1-9(7-10(11)3-4-10)8-12-5-2-6-12/h9H,2-8,11H2,1H3. The maximum Gasteiger partial charge on any atom is 0.0158 e. The molecule has 70 valence electrons. The number of hydrogen-bond donors (Lipinski definition) is 1. The van der Waals surface area contributed by atoms with Crippen molar-refractivity contribution in [3.8, 4) is 0 Å². The summed E-state index contributed by atoms with van der Waals surface area (Å²) >= 11 is 0. The van der Waals surface area contributed by atoms with Crippen molar-refractivity contribution in [2.24, 2.45) is 11.7 Å². The van der Waals surface area contributed by atoms with Crippen LogP contribution in [0.15, 0.2) is 0 Å². The average molecular weight is 168 g/mol. The second-order valence-corrected chi connectivity index (χ2v) is 4.83. The van der Waals surface area contributed by atoms with Crippen LogP contribution in [0.5, 0.6) is 0 Å². The molecule has 1 heterocycles. The molecular formula is C10H20N2. The molecule has 0 spiro atoms. The number of nitrogens with zero attached hydrogens (tertiary/aromatic N) is 1. The van der Waals surface area contributed by atoms with Crippen LogP contribution < -0.4 is 5.73 Å². The molecule has 1 aliphatic heterocycles. The fraction of sp³-hybridized carbons (Fsp3) is 1.00. The Balaban J connectivity index is 1.66. The quantitative estimate of drug-likeness (QED) is 0.683. The average Bonchev–Trinajstić information content (AvgIpc) is 2.59. The van der Waals surface area contributed by atoms with Crippen molar-refractivity contribution in [2.75, 3.05) is 19.6 Å². The minimum Gasteiger partial charge on any atom is -0.325 e. The van der Waals surface area contributed by atoms with Crippen LogP contribution in [-0.2, 0) is 0 Å². The van der Waals surface area contributed by atoms with Gasteiger partial charge in [0.05, 0.1) is 0 Å². The molecule has 1 aliphatic carbocycles. The molecule has 2 nitrogen and oxygen atoms in total. The van der Waals surface area contributed by atoms with Gasteiger partial charge in [-0.2, -0.15) is 0 Å². The van der Waals surface area contributed by atoms with E-state index in [9.17, 15) is 0 Å². The maximum absolute atomic E-state index is 6.06. The topological polar surface area (TPSA) is 29.3 Å². The van der Waals surface area contributed by atoms with Crippen LogP contribution in [0.4, 0.5) is 0 Å². The van der Waals surface area contributed by atoms with Gasteiger partial charge in [-0.1, -0.05) is 6.92 Å². The molecular weight excluding hydrogens is 148 g/mol. The van der Waals surface area contributed by atoms with Gasteiger partial charge in [0.2, 0.25) is 0 Å². The third-order valence-corrected chi connectivity index (χ3v) is 3.17. The van der Waals surface area contributed by atoms with E-state index in [1.54, 1.807) is 0 Å². The van der Waals surface area contributed by atoms with Crippen LogP contribution in [0.2, 0.25) is 0 Å². The van der Waals surface area contributed by atoms with Crippen molar-refractivity contribution in [1.82, 2.24) is 4.90 Å². The first kappa shape index (κ1) is 8.52. The van der Waals surface area contributed by atoms with Gasteiger partial charge in [-0.3, -0.25) is 0 Å². The minimum atomic E-state index is 0.254. The Bertz CT molecular complexity index is 159. The van der Waals surface area contributed by atoms with E-state index in [-0.39, 0.29) is 5.54 Å². The molecule has 2 aliphatic rings. The lowest BCUT2D eigenvalue weighted by Gasteiger charge is -2.33. The van der Waals surface area contributed by atoms with E-state index in [4.69, 9.17) is 5.73 Å². The van der Waals surface area contributed by atoms with Gasteiger partial charge < -0.3 is 10.6 Å². The summed E-state index contributed by atoms with van der Waals surface area (Å²) in [4.78, 5) is 2.54. The smallest absolute Gasteiger partial charge is 0.0158 e. The Kier molecular flexibility index (Phi) is 2.13. The monoisotopic (exact) mass is 168 g/mol. The molecule has 12 heavy (non-hydrogen) atoms. The molecule has 1 saturated carbocycles. The number of hydrogen-bond acceptors (Lipinski definition) is 2. The first-order valence-corrected chi connectivity index (χ1v) is 5.19. The van der Waals surface area contributed by atoms with E-state index >= 15 is 0 Å². The molecule has 2 fully saturated rings. The van der Waals surface area contributed by atoms with Crippen LogP contribution in [0.1, 0.15) is 32.6 Å². The molecule has 0 bridgehead atoms. The van der Waals surface area contributed by atoms with E-state index in [1.807, 2.05) is 0 Å². The molecule has 1 saturated heterocycles. The summed E-state index contributed by atoms with van der Waals surface area (Å²) in [6, 6.07) is 0. The van der Waals surface area contributed by atoms with Crippen molar-refractivity contribution in [1.29, 1.82) is 0 Å². The normalized spacial score (nSPS) is 29.5. The van der Waals surface area contributed by atoms with Gasteiger partial charge in [-0.15, -0.1) is 0 Å². The van der Waals surface area contributed by atoms with Crippen molar-refractivity contribution in [3.63, 3.8) is 0 Å². The zero-order valence-electron chi connectivity index (χ0n) is 8.05. The molecule has 2 rings (SSSR count). The van der Waals surface area contributed by atoms with E-state index in [0.29, 0.717) is 0 Å². The third kappa shape index (κ3) is 1.99. The number of likely N-dealkylation sites (tertiary alicyclic amines) is 1. The van der Waals surface area contributed by atoms with Gasteiger partial charge in [0.15, 0.2) is 0 Å². The van der Waals surface area contributed by atoms with Crippen LogP contribution in [0.25, 0.3) is 0 Å². The Labute approximate surface area is 75.1 Å². The summed E-state index contributed by atoms with van der Waals surface area (Å²) < 4.78 is 0. The van der Waals surface area contributed by atoms with E-state index in [0.717, 1.165) is 5.92 Å². The van der Waals surface area contributed by atoms with Crippen molar-refractivity contribution in [3.05, 3.63) is 0 Å². The zero-order valence-corrected chi connectivity index (χ0v) is 8.05. The Morgan fingerprint density at radius 2 is 2.08 bits per heavy atom. The predicted octanol–water partition coefficient (Wildman–Crippen LogP) is 1.21. The molecule has 2 heteroatoms. The lowest BCUT2D eigenvalue weighted by molar-refractivity contribution is 0.150. The second-order valence-electron chi connectivity index (χ2n) is 4.83. The third-order valence-electron chi connectivity index (χ3n) is 3.17. The SMILES string of the molecule is CC(CN1CCC1)CC1(N)CC1. The number of nitrogens with two attached hydrogens (primary N) is 1. The summed E-state index contributed by atoms with van der Waals surface area (Å²) in [5, 5.41) is 0. The first-order valence-electron chi connectivity index (χ1n) is 5.19. The molecule has 0 amide bonds. The molecule has 0 aromatic heterocycles. The van der Waals surface area contributed by atoms with Gasteiger partial charge in [-0.05, 0) is 44.7 Å². The zero-order chi connectivity index (χ0) is 8.60. The van der Waals surface area contributed by atoms with Crippen LogP contribution in [-0.4, -0.2) is 30.1 Å². The molecule has 0 radical (unpaired) electrons. The fourth-order valence-electron chi connectivity index (χ4n) is 2.13. The Hall–Kier alpha value is -0.0800. The predicted molar refractivity (Wildman–Crippen MR) is 51.0 cm³/mol. The van der Waals surface area contributed by atoms with Gasteiger partial charge >= 0.3 is 0 Å². The summed E-state index contributed by atoms with van der Waals surface area (Å²) in [7, 11) is 0. The van der Waals surface area contributed by atoms with Gasteiger partial charge in [0.25, 0.3) is 0 Å². The number of rotatable bonds is 4. The molecule has 0 aromatic carbocycles. The second kappa shape index (κ2) is 3.00. The largest absolute Gasteiger partial charge is 0.325 e. The summed E-state index contributed by atoms with van der Waals surface area (Å²) in [6.45, 7) is 6.26. The molecule has 1 unspecified atom stereocenters. The first-order chi connectivity index (χ1) is 5.68.